The number of allylic oxidation sites excluding steroid dienone is 2. The first-order valence-electron chi connectivity index (χ1n) is 14.7. The van der Waals surface area contributed by atoms with E-state index in [9.17, 15) is 9.59 Å². The van der Waals surface area contributed by atoms with Crippen LogP contribution in [0.4, 0.5) is 14.6 Å². The Bertz CT molecular complexity index is 1760. The second-order valence-electron chi connectivity index (χ2n) is 11.8. The predicted molar refractivity (Wildman–Crippen MR) is 168 cm³/mol. The van der Waals surface area contributed by atoms with Gasteiger partial charge in [0, 0.05) is 38.3 Å². The number of nitrogens with one attached hydrogen (secondary N) is 1. The molecule has 2 aliphatic heterocycles. The summed E-state index contributed by atoms with van der Waals surface area (Å²) in [5, 5.41) is 3.70. The SMILES string of the molecule is C=CC(=O)N1CCN(c2nc(=O)n(C3=C(C)C=CNC3(C)C(C)C)c3nc(-c4c(F)cccc4COC)c(F)cc23)[C@@H](C)C1. The van der Waals surface area contributed by atoms with Crippen LogP contribution in [0.3, 0.4) is 0 Å². The highest BCUT2D eigenvalue weighted by Gasteiger charge is 2.38. The minimum absolute atomic E-state index is 0.0225. The lowest BCUT2D eigenvalue weighted by atomic mass is 9.81. The largest absolute Gasteiger partial charge is 0.380 e. The van der Waals surface area contributed by atoms with E-state index in [0.29, 0.717) is 36.3 Å². The number of hydrogen-bond donors (Lipinski definition) is 1. The first-order chi connectivity index (χ1) is 20.9. The van der Waals surface area contributed by atoms with Crippen molar-refractivity contribution in [3.8, 4) is 11.3 Å². The highest BCUT2D eigenvalue weighted by atomic mass is 19.1. The van der Waals surface area contributed by atoms with Crippen LogP contribution in [0.25, 0.3) is 28.0 Å². The first-order valence-corrected chi connectivity index (χ1v) is 14.7. The third-order valence-electron chi connectivity index (χ3n) is 8.78. The van der Waals surface area contributed by atoms with Crippen LogP contribution in [0.2, 0.25) is 0 Å². The summed E-state index contributed by atoms with van der Waals surface area (Å²) in [4.78, 5) is 39.3. The fourth-order valence-electron chi connectivity index (χ4n) is 6.16. The average molecular weight is 605 g/mol. The molecule has 2 atom stereocenters. The van der Waals surface area contributed by atoms with Crippen molar-refractivity contribution in [2.24, 2.45) is 5.92 Å². The summed E-state index contributed by atoms with van der Waals surface area (Å²) < 4.78 is 38.3. The van der Waals surface area contributed by atoms with Gasteiger partial charge in [-0.25, -0.2) is 23.1 Å². The zero-order valence-electron chi connectivity index (χ0n) is 25.9. The summed E-state index contributed by atoms with van der Waals surface area (Å²) in [5.41, 5.74) is 0.425. The van der Waals surface area contributed by atoms with E-state index in [4.69, 9.17) is 9.72 Å². The molecule has 1 fully saturated rings. The van der Waals surface area contributed by atoms with Crippen molar-refractivity contribution >= 4 is 28.5 Å². The van der Waals surface area contributed by atoms with Gasteiger partial charge in [-0.2, -0.15) is 4.98 Å². The van der Waals surface area contributed by atoms with Crippen LogP contribution in [0, 0.1) is 17.6 Å². The van der Waals surface area contributed by atoms with Gasteiger partial charge in [-0.05, 0) is 68.3 Å². The van der Waals surface area contributed by atoms with Crippen LogP contribution in [0.5, 0.6) is 0 Å². The Hall–Kier alpha value is -4.38. The van der Waals surface area contributed by atoms with Gasteiger partial charge in [0.25, 0.3) is 0 Å². The van der Waals surface area contributed by atoms with Crippen molar-refractivity contribution in [1.29, 1.82) is 0 Å². The standard InChI is InChI=1S/C33H38F2N6O3/c1-8-26(42)39-14-15-40(21(5)17-39)30-23-16-25(35)28(27-22(18-44-7)10-9-11-24(27)34)37-31(23)41(32(43)38-30)29-20(4)12-13-36-33(29,6)19(2)3/h8-13,16,19,21,36H,1,14-15,17-18H2,2-7H3/t21-,33?/m0/s1. The maximum atomic E-state index is 16.2. The van der Waals surface area contributed by atoms with Crippen molar-refractivity contribution in [1.82, 2.24) is 24.8 Å². The zero-order valence-corrected chi connectivity index (χ0v) is 25.9. The van der Waals surface area contributed by atoms with E-state index < -0.39 is 22.9 Å². The molecule has 9 nitrogen and oxygen atoms in total. The molecule has 2 aromatic heterocycles. The predicted octanol–water partition coefficient (Wildman–Crippen LogP) is 4.87. The number of hydrogen-bond acceptors (Lipinski definition) is 7. The second-order valence-corrected chi connectivity index (χ2v) is 11.8. The van der Waals surface area contributed by atoms with Gasteiger partial charge in [-0.1, -0.05) is 32.6 Å². The van der Waals surface area contributed by atoms with Gasteiger partial charge in [-0.3, -0.25) is 4.79 Å². The number of pyridine rings is 1. The van der Waals surface area contributed by atoms with E-state index in [1.54, 1.807) is 11.0 Å². The normalized spacial score (nSPS) is 20.4. The lowest BCUT2D eigenvalue weighted by Gasteiger charge is -2.42. The van der Waals surface area contributed by atoms with E-state index in [2.05, 4.69) is 16.9 Å². The Morgan fingerprint density at radius 2 is 2.00 bits per heavy atom. The summed E-state index contributed by atoms with van der Waals surface area (Å²) in [6.45, 7) is 14.6. The number of aromatic nitrogens is 3. The quantitative estimate of drug-likeness (QED) is 0.385. The fraction of sp³-hybridized carbons (Fsp3) is 0.394. The highest BCUT2D eigenvalue weighted by Crippen LogP contribution is 2.38. The molecular formula is C33H38F2N6O3. The maximum Gasteiger partial charge on any atom is 0.355 e. The molecule has 1 saturated heterocycles. The van der Waals surface area contributed by atoms with Crippen LogP contribution in [0.1, 0.15) is 40.2 Å². The van der Waals surface area contributed by atoms with Crippen molar-refractivity contribution in [2.75, 3.05) is 31.6 Å². The lowest BCUT2D eigenvalue weighted by Crippen LogP contribution is -2.54. The van der Waals surface area contributed by atoms with Gasteiger partial charge in [0.15, 0.2) is 5.65 Å². The van der Waals surface area contributed by atoms with E-state index in [1.165, 1.54) is 36.0 Å². The lowest BCUT2D eigenvalue weighted by molar-refractivity contribution is -0.126. The smallest absolute Gasteiger partial charge is 0.355 e. The summed E-state index contributed by atoms with van der Waals surface area (Å²) in [6, 6.07) is 5.46. The molecule has 0 bridgehead atoms. The zero-order chi connectivity index (χ0) is 31.9. The Balaban J connectivity index is 1.84. The molecule has 0 saturated carbocycles. The third kappa shape index (κ3) is 5.19. The molecule has 44 heavy (non-hydrogen) atoms. The monoisotopic (exact) mass is 604 g/mol. The van der Waals surface area contributed by atoms with Crippen LogP contribution < -0.4 is 15.9 Å². The van der Waals surface area contributed by atoms with Gasteiger partial charge in [0.05, 0.1) is 23.2 Å². The number of amides is 1. The summed E-state index contributed by atoms with van der Waals surface area (Å²) in [5.74, 6) is -1.33. The van der Waals surface area contributed by atoms with Gasteiger partial charge >= 0.3 is 5.69 Å². The number of dihydropyridines is 1. The average Bonchev–Trinajstić information content (AvgIpc) is 2.98. The van der Waals surface area contributed by atoms with Gasteiger partial charge in [0.1, 0.15) is 23.1 Å². The Morgan fingerprint density at radius 3 is 2.66 bits per heavy atom. The van der Waals surface area contributed by atoms with E-state index in [-0.39, 0.29) is 47.2 Å². The number of ether oxygens (including phenoxy) is 1. The summed E-state index contributed by atoms with van der Waals surface area (Å²) in [6.07, 6.45) is 4.98. The Morgan fingerprint density at radius 1 is 1.25 bits per heavy atom. The van der Waals surface area contributed by atoms with Crippen molar-refractivity contribution in [2.45, 2.75) is 52.8 Å². The molecule has 11 heteroatoms. The minimum Gasteiger partial charge on any atom is -0.380 e. The van der Waals surface area contributed by atoms with Crippen molar-refractivity contribution < 1.29 is 18.3 Å². The third-order valence-corrected chi connectivity index (χ3v) is 8.78. The van der Waals surface area contributed by atoms with E-state index in [1.807, 2.05) is 51.8 Å². The molecule has 0 radical (unpaired) electrons. The van der Waals surface area contributed by atoms with Crippen LogP contribution in [-0.2, 0) is 16.1 Å². The van der Waals surface area contributed by atoms with Crippen LogP contribution in [-0.4, -0.2) is 63.7 Å². The molecule has 4 heterocycles. The fourth-order valence-corrected chi connectivity index (χ4v) is 6.16. The molecule has 0 spiro atoms. The minimum atomic E-state index is -0.764. The number of carbonyl (C=O) groups excluding carboxylic acids is 1. The molecule has 3 aromatic rings. The molecule has 1 N–H and O–H groups in total. The van der Waals surface area contributed by atoms with Crippen molar-refractivity contribution in [3.63, 3.8) is 0 Å². The number of fused-ring (bicyclic) bond motifs is 1. The molecular weight excluding hydrogens is 566 g/mol. The number of halogens is 2. The number of rotatable bonds is 7. The molecule has 1 aromatic carbocycles. The van der Waals surface area contributed by atoms with Gasteiger partial charge < -0.3 is 19.9 Å². The van der Waals surface area contributed by atoms with Gasteiger partial charge in [-0.15, -0.1) is 0 Å². The molecule has 5 rings (SSSR count). The number of methoxy groups -OCH3 is 1. The molecule has 1 unspecified atom stereocenters. The van der Waals surface area contributed by atoms with Crippen LogP contribution in [0.15, 0.2) is 59.6 Å². The number of piperazine rings is 1. The molecule has 1 amide bonds. The molecule has 0 aliphatic carbocycles. The Kier molecular flexibility index (Phi) is 8.44. The van der Waals surface area contributed by atoms with E-state index >= 15 is 8.78 Å². The van der Waals surface area contributed by atoms with Gasteiger partial charge in [0.2, 0.25) is 5.91 Å². The van der Waals surface area contributed by atoms with Crippen LogP contribution >= 0.6 is 0 Å². The maximum absolute atomic E-state index is 16.2. The summed E-state index contributed by atoms with van der Waals surface area (Å²) >= 11 is 0. The van der Waals surface area contributed by atoms with Crippen molar-refractivity contribution in [3.05, 3.63) is 82.5 Å². The first kappa shape index (κ1) is 31.1. The molecule has 232 valence electrons. The second kappa shape index (κ2) is 12.0. The Labute approximate surface area is 255 Å². The number of anilines is 1. The number of benzene rings is 1. The number of carbonyl (C=O) groups is 1. The highest BCUT2D eigenvalue weighted by molar-refractivity contribution is 5.92. The topological polar surface area (TPSA) is 92.6 Å². The molecule has 2 aliphatic rings. The number of nitrogens with zero attached hydrogens (tertiary/aromatic N) is 5. The summed E-state index contributed by atoms with van der Waals surface area (Å²) in [7, 11) is 1.48. The van der Waals surface area contributed by atoms with E-state index in [0.717, 1.165) is 5.57 Å².